The molecule has 0 aliphatic heterocycles. The molecular formula is C23H39NO2. The van der Waals surface area contributed by atoms with Crippen molar-refractivity contribution < 1.29 is 10.2 Å². The van der Waals surface area contributed by atoms with Crippen LogP contribution in [-0.4, -0.2) is 22.9 Å². The molecule has 0 unspecified atom stereocenters. The molecule has 4 N–H and O–H groups in total. The number of phenolic OH excluding ortho intramolecular Hbond substituents is 1. The maximum absolute atomic E-state index is 10.8. The zero-order valence-electron chi connectivity index (χ0n) is 17.0. The van der Waals surface area contributed by atoms with Crippen molar-refractivity contribution in [1.29, 1.82) is 0 Å². The van der Waals surface area contributed by atoms with E-state index in [1.165, 1.54) is 31.2 Å². The van der Waals surface area contributed by atoms with Crippen molar-refractivity contribution in [3.8, 4) is 5.75 Å². The molecule has 0 spiro atoms. The van der Waals surface area contributed by atoms with Crippen molar-refractivity contribution in [3.63, 3.8) is 0 Å². The molecule has 0 aromatic heterocycles. The SMILES string of the molecule is CCCCCCC(C)(C)c1ccc([C@@H]2C[C@H](O)CC[C@H]2CCN)c(O)c1. The Morgan fingerprint density at radius 3 is 2.58 bits per heavy atom. The Morgan fingerprint density at radius 1 is 1.15 bits per heavy atom. The van der Waals surface area contributed by atoms with E-state index >= 15 is 0 Å². The van der Waals surface area contributed by atoms with Gasteiger partial charge in [0.25, 0.3) is 0 Å². The van der Waals surface area contributed by atoms with Crippen molar-refractivity contribution in [3.05, 3.63) is 29.3 Å². The molecule has 1 fully saturated rings. The number of hydrogen-bond acceptors (Lipinski definition) is 3. The first kappa shape index (κ1) is 21.2. The standard InChI is InChI=1S/C23H39NO2/c1-4-5-6-7-13-23(2,3)18-9-11-20(22(26)15-18)21-16-19(25)10-8-17(21)12-14-24/h9,11,15,17,19,21,25-26H,4-8,10,12-14,16,24H2,1-3H3/t17-,19+,21+/m0/s1. The molecule has 1 aromatic rings. The molecular weight excluding hydrogens is 322 g/mol. The molecule has 0 amide bonds. The van der Waals surface area contributed by atoms with E-state index in [0.29, 0.717) is 18.2 Å². The molecule has 1 saturated carbocycles. The van der Waals surface area contributed by atoms with Crippen molar-refractivity contribution in [1.82, 2.24) is 0 Å². The summed E-state index contributed by atoms with van der Waals surface area (Å²) >= 11 is 0. The second-order valence-electron chi connectivity index (χ2n) is 8.88. The topological polar surface area (TPSA) is 66.5 Å². The lowest BCUT2D eigenvalue weighted by Crippen LogP contribution is -2.28. The molecule has 0 saturated heterocycles. The maximum atomic E-state index is 10.8. The highest BCUT2D eigenvalue weighted by molar-refractivity contribution is 5.42. The fraction of sp³-hybridized carbons (Fsp3) is 0.739. The highest BCUT2D eigenvalue weighted by Crippen LogP contribution is 2.44. The van der Waals surface area contributed by atoms with Gasteiger partial charge in [-0.25, -0.2) is 0 Å². The number of unbranched alkanes of at least 4 members (excludes halogenated alkanes) is 3. The smallest absolute Gasteiger partial charge is 0.119 e. The minimum Gasteiger partial charge on any atom is -0.508 e. The Labute approximate surface area is 160 Å². The average Bonchev–Trinajstić information content (AvgIpc) is 2.60. The van der Waals surface area contributed by atoms with Gasteiger partial charge in [0.05, 0.1) is 6.10 Å². The summed E-state index contributed by atoms with van der Waals surface area (Å²) in [4.78, 5) is 0. The molecule has 2 rings (SSSR count). The number of phenols is 1. The van der Waals surface area contributed by atoms with Crippen LogP contribution in [0.5, 0.6) is 5.75 Å². The monoisotopic (exact) mass is 361 g/mol. The Balaban J connectivity index is 2.14. The van der Waals surface area contributed by atoms with Gasteiger partial charge in [-0.15, -0.1) is 0 Å². The van der Waals surface area contributed by atoms with Crippen LogP contribution in [0.1, 0.15) is 95.6 Å². The number of rotatable bonds is 9. The van der Waals surface area contributed by atoms with Gasteiger partial charge in [-0.05, 0) is 73.1 Å². The van der Waals surface area contributed by atoms with Crippen LogP contribution in [0.15, 0.2) is 18.2 Å². The van der Waals surface area contributed by atoms with E-state index in [-0.39, 0.29) is 17.4 Å². The van der Waals surface area contributed by atoms with Gasteiger partial charge in [0.15, 0.2) is 0 Å². The minimum atomic E-state index is -0.261. The highest BCUT2D eigenvalue weighted by Gasteiger charge is 2.32. The first-order chi connectivity index (χ1) is 12.4. The molecule has 3 heteroatoms. The summed E-state index contributed by atoms with van der Waals surface area (Å²) in [6.07, 6.45) is 9.49. The predicted molar refractivity (Wildman–Crippen MR) is 110 cm³/mol. The van der Waals surface area contributed by atoms with Gasteiger partial charge in [-0.1, -0.05) is 58.6 Å². The third-order valence-corrected chi connectivity index (χ3v) is 6.37. The second-order valence-corrected chi connectivity index (χ2v) is 8.88. The second kappa shape index (κ2) is 9.75. The Bertz CT molecular complexity index is 555. The van der Waals surface area contributed by atoms with Crippen molar-refractivity contribution >= 4 is 0 Å². The van der Waals surface area contributed by atoms with Gasteiger partial charge in [0.1, 0.15) is 5.75 Å². The first-order valence-electron chi connectivity index (χ1n) is 10.6. The number of nitrogens with two attached hydrogens (primary N) is 1. The molecule has 1 aromatic carbocycles. The van der Waals surface area contributed by atoms with Gasteiger partial charge in [0, 0.05) is 0 Å². The Hall–Kier alpha value is -1.06. The summed E-state index contributed by atoms with van der Waals surface area (Å²) in [5.74, 6) is 1.07. The molecule has 0 bridgehead atoms. The summed E-state index contributed by atoms with van der Waals surface area (Å²) in [5, 5.41) is 20.9. The van der Waals surface area contributed by atoms with Crippen LogP contribution in [0.3, 0.4) is 0 Å². The summed E-state index contributed by atoms with van der Waals surface area (Å²) in [6.45, 7) is 7.45. The lowest BCUT2D eigenvalue weighted by atomic mass is 9.72. The van der Waals surface area contributed by atoms with E-state index in [1.54, 1.807) is 0 Å². The number of aliphatic hydroxyl groups excluding tert-OH is 1. The normalized spacial score (nSPS) is 24.0. The minimum absolute atomic E-state index is 0.0759. The van der Waals surface area contributed by atoms with Crippen LogP contribution < -0.4 is 5.73 Å². The third-order valence-electron chi connectivity index (χ3n) is 6.37. The van der Waals surface area contributed by atoms with Crippen LogP contribution in [0.4, 0.5) is 0 Å². The summed E-state index contributed by atoms with van der Waals surface area (Å²) in [7, 11) is 0. The lowest BCUT2D eigenvalue weighted by Gasteiger charge is -2.35. The van der Waals surface area contributed by atoms with Gasteiger partial charge in [-0.2, -0.15) is 0 Å². The maximum Gasteiger partial charge on any atom is 0.119 e. The lowest BCUT2D eigenvalue weighted by molar-refractivity contribution is 0.0910. The molecule has 0 radical (unpaired) electrons. The number of aliphatic hydroxyl groups is 1. The van der Waals surface area contributed by atoms with E-state index in [9.17, 15) is 10.2 Å². The summed E-state index contributed by atoms with van der Waals surface area (Å²) < 4.78 is 0. The number of aromatic hydroxyl groups is 1. The van der Waals surface area contributed by atoms with Gasteiger partial charge in [-0.3, -0.25) is 0 Å². The Kier molecular flexibility index (Phi) is 7.97. The summed E-state index contributed by atoms with van der Waals surface area (Å²) in [5.41, 5.74) is 8.08. The summed E-state index contributed by atoms with van der Waals surface area (Å²) in [6, 6.07) is 6.26. The van der Waals surface area contributed by atoms with Gasteiger partial charge >= 0.3 is 0 Å². The number of benzene rings is 1. The third kappa shape index (κ3) is 5.47. The Morgan fingerprint density at radius 2 is 1.92 bits per heavy atom. The van der Waals surface area contributed by atoms with Crippen LogP contribution in [0.2, 0.25) is 0 Å². The zero-order valence-corrected chi connectivity index (χ0v) is 17.0. The molecule has 3 nitrogen and oxygen atoms in total. The molecule has 148 valence electrons. The molecule has 26 heavy (non-hydrogen) atoms. The fourth-order valence-electron chi connectivity index (χ4n) is 4.57. The molecule has 1 aliphatic rings. The van der Waals surface area contributed by atoms with E-state index in [0.717, 1.165) is 37.7 Å². The van der Waals surface area contributed by atoms with Crippen LogP contribution >= 0.6 is 0 Å². The quantitative estimate of drug-likeness (QED) is 0.527. The van der Waals surface area contributed by atoms with Crippen molar-refractivity contribution in [2.75, 3.05) is 6.54 Å². The van der Waals surface area contributed by atoms with Gasteiger partial charge in [0.2, 0.25) is 0 Å². The highest BCUT2D eigenvalue weighted by atomic mass is 16.3. The zero-order chi connectivity index (χ0) is 19.2. The fourth-order valence-corrected chi connectivity index (χ4v) is 4.57. The predicted octanol–water partition coefficient (Wildman–Crippen LogP) is 5.23. The number of hydrogen-bond donors (Lipinski definition) is 3. The largest absolute Gasteiger partial charge is 0.508 e. The van der Waals surface area contributed by atoms with Crippen LogP contribution in [0.25, 0.3) is 0 Å². The van der Waals surface area contributed by atoms with E-state index in [2.05, 4.69) is 32.9 Å². The molecule has 1 aliphatic carbocycles. The van der Waals surface area contributed by atoms with Crippen LogP contribution in [-0.2, 0) is 5.41 Å². The van der Waals surface area contributed by atoms with Gasteiger partial charge < -0.3 is 15.9 Å². The average molecular weight is 362 g/mol. The van der Waals surface area contributed by atoms with Crippen molar-refractivity contribution in [2.45, 2.75) is 96.0 Å². The van der Waals surface area contributed by atoms with Crippen LogP contribution in [0, 0.1) is 5.92 Å². The molecule has 3 atom stereocenters. The van der Waals surface area contributed by atoms with E-state index < -0.39 is 0 Å². The van der Waals surface area contributed by atoms with E-state index in [4.69, 9.17) is 5.73 Å². The van der Waals surface area contributed by atoms with Crippen molar-refractivity contribution in [2.24, 2.45) is 11.7 Å². The first-order valence-corrected chi connectivity index (χ1v) is 10.6. The molecule has 0 heterocycles. The van der Waals surface area contributed by atoms with E-state index in [1.807, 2.05) is 6.07 Å².